The number of esters is 1. The summed E-state index contributed by atoms with van der Waals surface area (Å²) in [7, 11) is 0. The lowest BCUT2D eigenvalue weighted by Crippen LogP contribution is -2.31. The first-order chi connectivity index (χ1) is 8.01. The van der Waals surface area contributed by atoms with Gasteiger partial charge in [-0.25, -0.2) is 0 Å². The predicted octanol–water partition coefficient (Wildman–Crippen LogP) is 2.13. The number of hydrogen-bond donors (Lipinski definition) is 1. The molecule has 1 amide bonds. The van der Waals surface area contributed by atoms with Gasteiger partial charge in [0.05, 0.1) is 13.0 Å². The SMILES string of the molecule is CCNC(=O)C(CC)CC(=O)OCCC(C)C. The van der Waals surface area contributed by atoms with Crippen LogP contribution in [0.2, 0.25) is 0 Å². The first-order valence-corrected chi connectivity index (χ1v) is 6.44. The van der Waals surface area contributed by atoms with Gasteiger partial charge in [0.15, 0.2) is 0 Å². The molecule has 1 atom stereocenters. The second-order valence-corrected chi connectivity index (χ2v) is 4.61. The zero-order valence-electron chi connectivity index (χ0n) is 11.4. The smallest absolute Gasteiger partial charge is 0.306 e. The van der Waals surface area contributed by atoms with E-state index < -0.39 is 0 Å². The van der Waals surface area contributed by atoms with E-state index in [2.05, 4.69) is 19.2 Å². The molecule has 0 aliphatic rings. The second kappa shape index (κ2) is 9.02. The summed E-state index contributed by atoms with van der Waals surface area (Å²) in [5, 5.41) is 2.73. The standard InChI is InChI=1S/C13H25NO3/c1-5-11(13(16)14-6-2)9-12(15)17-8-7-10(3)4/h10-11H,5-9H2,1-4H3,(H,14,16). The van der Waals surface area contributed by atoms with Crippen LogP contribution in [0.15, 0.2) is 0 Å². The third-order valence-electron chi connectivity index (χ3n) is 2.59. The number of amides is 1. The van der Waals surface area contributed by atoms with Crippen LogP contribution in [0.1, 0.15) is 47.0 Å². The maximum Gasteiger partial charge on any atom is 0.306 e. The van der Waals surface area contributed by atoms with Gasteiger partial charge in [-0.05, 0) is 25.7 Å². The molecule has 1 N–H and O–H groups in total. The lowest BCUT2D eigenvalue weighted by atomic mass is 10.0. The van der Waals surface area contributed by atoms with E-state index in [0.29, 0.717) is 25.5 Å². The summed E-state index contributed by atoms with van der Waals surface area (Å²) in [6, 6.07) is 0. The third-order valence-corrected chi connectivity index (χ3v) is 2.59. The van der Waals surface area contributed by atoms with E-state index in [1.54, 1.807) is 0 Å². The van der Waals surface area contributed by atoms with Crippen molar-refractivity contribution in [1.29, 1.82) is 0 Å². The van der Waals surface area contributed by atoms with Crippen molar-refractivity contribution in [2.24, 2.45) is 11.8 Å². The van der Waals surface area contributed by atoms with E-state index in [0.717, 1.165) is 6.42 Å². The molecule has 0 rings (SSSR count). The molecule has 0 saturated carbocycles. The first-order valence-electron chi connectivity index (χ1n) is 6.44. The van der Waals surface area contributed by atoms with Crippen LogP contribution < -0.4 is 5.32 Å². The Morgan fingerprint density at radius 2 is 1.88 bits per heavy atom. The summed E-state index contributed by atoms with van der Waals surface area (Å²) < 4.78 is 5.09. The molecule has 0 aromatic rings. The van der Waals surface area contributed by atoms with Crippen molar-refractivity contribution in [3.05, 3.63) is 0 Å². The quantitative estimate of drug-likeness (QED) is 0.664. The van der Waals surface area contributed by atoms with E-state index in [1.165, 1.54) is 0 Å². The molecular formula is C13H25NO3. The molecule has 0 bridgehead atoms. The highest BCUT2D eigenvalue weighted by molar-refractivity contribution is 5.83. The van der Waals surface area contributed by atoms with E-state index in [4.69, 9.17) is 4.74 Å². The van der Waals surface area contributed by atoms with Crippen molar-refractivity contribution in [3.63, 3.8) is 0 Å². The number of rotatable bonds is 8. The van der Waals surface area contributed by atoms with E-state index in [1.807, 2.05) is 13.8 Å². The van der Waals surface area contributed by atoms with Crippen LogP contribution in [0.5, 0.6) is 0 Å². The maximum atomic E-state index is 11.6. The Kier molecular flexibility index (Phi) is 8.46. The minimum atomic E-state index is -0.274. The number of hydrogen-bond acceptors (Lipinski definition) is 3. The molecule has 0 aliphatic carbocycles. The Labute approximate surface area is 104 Å². The average Bonchev–Trinajstić information content (AvgIpc) is 2.25. The fraction of sp³-hybridized carbons (Fsp3) is 0.846. The summed E-state index contributed by atoms with van der Waals surface area (Å²) in [6.07, 6.45) is 1.70. The fourth-order valence-corrected chi connectivity index (χ4v) is 1.41. The number of carbonyl (C=O) groups is 2. The van der Waals surface area contributed by atoms with Crippen LogP contribution in [0.3, 0.4) is 0 Å². The fourth-order valence-electron chi connectivity index (χ4n) is 1.41. The summed E-state index contributed by atoms with van der Waals surface area (Å²) in [5.41, 5.74) is 0. The summed E-state index contributed by atoms with van der Waals surface area (Å²) >= 11 is 0. The summed E-state index contributed by atoms with van der Waals surface area (Å²) in [5.74, 6) is -0.0748. The third kappa shape index (κ3) is 7.77. The van der Waals surface area contributed by atoms with Crippen LogP contribution in [-0.2, 0) is 14.3 Å². The van der Waals surface area contributed by atoms with Gasteiger partial charge < -0.3 is 10.1 Å². The molecule has 0 radical (unpaired) electrons. The number of ether oxygens (including phenoxy) is 1. The molecule has 0 aromatic heterocycles. The van der Waals surface area contributed by atoms with Crippen LogP contribution in [-0.4, -0.2) is 25.0 Å². The zero-order valence-corrected chi connectivity index (χ0v) is 11.4. The van der Waals surface area contributed by atoms with Gasteiger partial charge >= 0.3 is 5.97 Å². The van der Waals surface area contributed by atoms with Crippen molar-refractivity contribution in [3.8, 4) is 0 Å². The minimum Gasteiger partial charge on any atom is -0.466 e. The van der Waals surface area contributed by atoms with Crippen LogP contribution in [0.25, 0.3) is 0 Å². The van der Waals surface area contributed by atoms with Gasteiger partial charge in [0.1, 0.15) is 0 Å². The zero-order chi connectivity index (χ0) is 13.3. The Bertz CT molecular complexity index is 239. The largest absolute Gasteiger partial charge is 0.466 e. The predicted molar refractivity (Wildman–Crippen MR) is 67.5 cm³/mol. The molecule has 0 aliphatic heterocycles. The van der Waals surface area contributed by atoms with Gasteiger partial charge in [-0.15, -0.1) is 0 Å². The molecule has 0 saturated heterocycles. The topological polar surface area (TPSA) is 55.4 Å². The second-order valence-electron chi connectivity index (χ2n) is 4.61. The van der Waals surface area contributed by atoms with Gasteiger partial charge in [0.2, 0.25) is 5.91 Å². The number of nitrogens with one attached hydrogen (secondary N) is 1. The van der Waals surface area contributed by atoms with Crippen LogP contribution in [0, 0.1) is 11.8 Å². The highest BCUT2D eigenvalue weighted by atomic mass is 16.5. The Morgan fingerprint density at radius 3 is 2.35 bits per heavy atom. The molecule has 0 fully saturated rings. The molecule has 4 nitrogen and oxygen atoms in total. The molecular weight excluding hydrogens is 218 g/mol. The van der Waals surface area contributed by atoms with E-state index >= 15 is 0 Å². The molecule has 0 spiro atoms. The average molecular weight is 243 g/mol. The van der Waals surface area contributed by atoms with E-state index in [-0.39, 0.29) is 24.2 Å². The molecule has 0 heterocycles. The molecule has 100 valence electrons. The highest BCUT2D eigenvalue weighted by Crippen LogP contribution is 2.10. The van der Waals surface area contributed by atoms with Crippen molar-refractivity contribution < 1.29 is 14.3 Å². The van der Waals surface area contributed by atoms with Gasteiger partial charge in [-0.1, -0.05) is 20.8 Å². The van der Waals surface area contributed by atoms with Gasteiger partial charge in [-0.3, -0.25) is 9.59 Å². The highest BCUT2D eigenvalue weighted by Gasteiger charge is 2.20. The first kappa shape index (κ1) is 15.9. The van der Waals surface area contributed by atoms with Crippen LogP contribution >= 0.6 is 0 Å². The van der Waals surface area contributed by atoms with Crippen molar-refractivity contribution >= 4 is 11.9 Å². The molecule has 17 heavy (non-hydrogen) atoms. The molecule has 0 aromatic carbocycles. The van der Waals surface area contributed by atoms with Gasteiger partial charge in [0, 0.05) is 12.5 Å². The Morgan fingerprint density at radius 1 is 1.24 bits per heavy atom. The summed E-state index contributed by atoms with van der Waals surface area (Å²) in [6.45, 7) is 8.97. The molecule has 4 heteroatoms. The lowest BCUT2D eigenvalue weighted by Gasteiger charge is -2.14. The molecule has 1 unspecified atom stereocenters. The van der Waals surface area contributed by atoms with E-state index in [9.17, 15) is 9.59 Å². The minimum absolute atomic E-state index is 0.0594. The Balaban J connectivity index is 3.93. The monoisotopic (exact) mass is 243 g/mol. The van der Waals surface area contributed by atoms with Gasteiger partial charge in [-0.2, -0.15) is 0 Å². The van der Waals surface area contributed by atoms with Crippen LogP contribution in [0.4, 0.5) is 0 Å². The van der Waals surface area contributed by atoms with Crippen molar-refractivity contribution in [2.45, 2.75) is 47.0 Å². The van der Waals surface area contributed by atoms with Gasteiger partial charge in [0.25, 0.3) is 0 Å². The summed E-state index contributed by atoms with van der Waals surface area (Å²) in [4.78, 5) is 23.1. The number of carbonyl (C=O) groups excluding carboxylic acids is 2. The van der Waals surface area contributed by atoms with Crippen molar-refractivity contribution in [1.82, 2.24) is 5.32 Å². The Hall–Kier alpha value is -1.06. The normalized spacial score (nSPS) is 12.3. The van der Waals surface area contributed by atoms with Crippen molar-refractivity contribution in [2.75, 3.05) is 13.2 Å². The lowest BCUT2D eigenvalue weighted by molar-refractivity contribution is -0.147. The maximum absolute atomic E-state index is 11.6.